The van der Waals surface area contributed by atoms with E-state index in [0.717, 1.165) is 0 Å². The summed E-state index contributed by atoms with van der Waals surface area (Å²) >= 11 is 0. The number of anilines is 2. The predicted molar refractivity (Wildman–Crippen MR) is 157 cm³/mol. The van der Waals surface area contributed by atoms with Crippen LogP contribution in [-0.2, 0) is 26.4 Å². The van der Waals surface area contributed by atoms with Crippen LogP contribution in [0.1, 0.15) is 50.1 Å². The van der Waals surface area contributed by atoms with Crippen molar-refractivity contribution in [2.45, 2.75) is 57.2 Å². The fourth-order valence-electron chi connectivity index (χ4n) is 7.02. The quantitative estimate of drug-likeness (QED) is 0.365. The number of alkyl halides is 1. The summed E-state index contributed by atoms with van der Waals surface area (Å²) in [5, 5.41) is 19.1. The van der Waals surface area contributed by atoms with E-state index in [1.54, 1.807) is 40.1 Å². The Hall–Kier alpha value is -4.09. The van der Waals surface area contributed by atoms with Crippen LogP contribution >= 0.6 is 0 Å². The minimum absolute atomic E-state index is 0.259. The maximum absolute atomic E-state index is 16.0. The molecule has 2 aromatic carbocycles. The number of aliphatic hydroxyl groups excluding tert-OH is 1. The lowest BCUT2D eigenvalue weighted by atomic mass is 9.71. The molecule has 2 amide bonds. The van der Waals surface area contributed by atoms with E-state index in [2.05, 4.69) is 16.9 Å². The highest BCUT2D eigenvalue weighted by atomic mass is 19.1. The van der Waals surface area contributed by atoms with E-state index in [9.17, 15) is 14.7 Å². The fourth-order valence-corrected chi connectivity index (χ4v) is 7.02. The first-order valence-electron chi connectivity index (χ1n) is 14.6. The predicted octanol–water partition coefficient (Wildman–Crippen LogP) is 4.53. The summed E-state index contributed by atoms with van der Waals surface area (Å²) in [7, 11) is 0. The maximum atomic E-state index is 16.0. The second kappa shape index (κ2) is 10.9. The third-order valence-corrected chi connectivity index (χ3v) is 8.92. The Morgan fingerprint density at radius 3 is 2.67 bits per heavy atom. The molecule has 0 radical (unpaired) electrons. The first-order chi connectivity index (χ1) is 20.6. The molecule has 3 aliphatic heterocycles. The average Bonchev–Trinajstić information content (AvgIpc) is 3.75. The number of cyclic esters (lactones) is 1. The third-order valence-electron chi connectivity index (χ3n) is 8.92. The van der Waals surface area contributed by atoms with Gasteiger partial charge < -0.3 is 19.5 Å². The first-order valence-corrected chi connectivity index (χ1v) is 14.6. The largest absolute Gasteiger partial charge is 0.447 e. The lowest BCUT2D eigenvalue weighted by molar-refractivity contribution is -0.146. The molecule has 226 valence electrons. The highest BCUT2D eigenvalue weighted by Crippen LogP contribution is 2.58. The van der Waals surface area contributed by atoms with Crippen molar-refractivity contribution in [1.82, 2.24) is 15.0 Å². The van der Waals surface area contributed by atoms with Crippen LogP contribution in [0.25, 0.3) is 0 Å². The average molecular weight is 590 g/mol. The minimum Gasteiger partial charge on any atom is -0.447 e. The number of carbonyl (C=O) groups excluding carboxylic acids is 2. The van der Waals surface area contributed by atoms with E-state index in [-0.39, 0.29) is 19.1 Å². The fraction of sp³-hybridized carbons (Fsp3) is 0.438. The molecule has 10 nitrogen and oxygen atoms in total. The summed E-state index contributed by atoms with van der Waals surface area (Å²) in [6.45, 7) is 10.0. The smallest absolute Gasteiger partial charge is 0.414 e. The van der Waals surface area contributed by atoms with E-state index < -0.39 is 41.4 Å². The van der Waals surface area contributed by atoms with Crippen molar-refractivity contribution in [3.8, 4) is 0 Å². The van der Waals surface area contributed by atoms with Crippen molar-refractivity contribution in [3.05, 3.63) is 84.2 Å². The number of aryl methyl sites for hydroxylation is 1. The zero-order chi connectivity index (χ0) is 30.5. The van der Waals surface area contributed by atoms with Gasteiger partial charge >= 0.3 is 6.09 Å². The van der Waals surface area contributed by atoms with Gasteiger partial charge in [-0.05, 0) is 44.0 Å². The Labute approximate surface area is 249 Å². The molecule has 43 heavy (non-hydrogen) atoms. The monoisotopic (exact) mass is 589 g/mol. The molecule has 1 N–H and O–H groups in total. The zero-order valence-electron chi connectivity index (χ0n) is 24.5. The number of fused-ring (bicyclic) bond motifs is 2. The van der Waals surface area contributed by atoms with Gasteiger partial charge in [-0.1, -0.05) is 48.5 Å². The summed E-state index contributed by atoms with van der Waals surface area (Å²) in [6.07, 6.45) is 1.66. The number of benzene rings is 2. The Balaban J connectivity index is 1.32. The van der Waals surface area contributed by atoms with E-state index in [4.69, 9.17) is 9.47 Å². The summed E-state index contributed by atoms with van der Waals surface area (Å²) in [5.74, 6) is -1.45. The van der Waals surface area contributed by atoms with Crippen molar-refractivity contribution in [3.63, 3.8) is 0 Å². The molecule has 2 saturated heterocycles. The van der Waals surface area contributed by atoms with E-state index in [0.29, 0.717) is 47.7 Å². The molecule has 0 saturated carbocycles. The number of nitrogens with zero attached hydrogens (tertiary/aromatic N) is 5. The van der Waals surface area contributed by atoms with Crippen LogP contribution in [0.4, 0.5) is 20.6 Å². The second-order valence-electron chi connectivity index (χ2n) is 12.0. The number of ether oxygens (including phenoxy) is 2. The van der Waals surface area contributed by atoms with Crippen LogP contribution in [0.3, 0.4) is 0 Å². The number of amides is 2. The van der Waals surface area contributed by atoms with Gasteiger partial charge in [-0.3, -0.25) is 14.4 Å². The Morgan fingerprint density at radius 2 is 2.00 bits per heavy atom. The van der Waals surface area contributed by atoms with Gasteiger partial charge in [0, 0.05) is 36.2 Å². The van der Waals surface area contributed by atoms with Crippen LogP contribution in [0.2, 0.25) is 0 Å². The van der Waals surface area contributed by atoms with Gasteiger partial charge in [0.25, 0.3) is 5.91 Å². The van der Waals surface area contributed by atoms with Crippen molar-refractivity contribution in [2.75, 3.05) is 29.5 Å². The minimum atomic E-state index is -1.67. The number of aliphatic hydroxyl groups is 1. The molecule has 1 aromatic heterocycles. The molecule has 5 atom stereocenters. The van der Waals surface area contributed by atoms with Gasteiger partial charge in [-0.2, -0.15) is 0 Å². The molecular weight excluding hydrogens is 553 g/mol. The number of aromatic nitrogens is 3. The molecule has 1 spiro atoms. The van der Waals surface area contributed by atoms with Gasteiger partial charge in [0.2, 0.25) is 0 Å². The van der Waals surface area contributed by atoms with E-state index in [1.807, 2.05) is 37.3 Å². The molecule has 4 heterocycles. The van der Waals surface area contributed by atoms with Crippen molar-refractivity contribution in [1.29, 1.82) is 0 Å². The molecule has 2 fully saturated rings. The topological polar surface area (TPSA) is 110 Å². The lowest BCUT2D eigenvalue weighted by Crippen LogP contribution is -2.45. The Morgan fingerprint density at radius 1 is 1.23 bits per heavy atom. The Kier molecular flexibility index (Phi) is 7.34. The molecular formula is C32H36FN5O5. The molecule has 3 aliphatic rings. The molecule has 0 aliphatic carbocycles. The molecule has 11 heteroatoms. The van der Waals surface area contributed by atoms with Gasteiger partial charge in [0.1, 0.15) is 24.1 Å². The van der Waals surface area contributed by atoms with Crippen LogP contribution in [0, 0.1) is 11.8 Å². The number of carbonyl (C=O) groups is 2. The normalized spacial score (nSPS) is 25.8. The summed E-state index contributed by atoms with van der Waals surface area (Å²) in [6, 6.07) is 14.6. The SMILES string of the molecule is C=CCN1C(=O)[C@]2(O[C@H](CCn3cc([C@H](O)c4ccccc4)nn3)[C@@H](C(C)(C)F)[C@@H]2C)c2cc(N3CCOC3=O)ccc21. The molecule has 0 bridgehead atoms. The van der Waals surface area contributed by atoms with Gasteiger partial charge in [-0.15, -0.1) is 11.7 Å². The van der Waals surface area contributed by atoms with Crippen molar-refractivity contribution < 1.29 is 28.6 Å². The first kappa shape index (κ1) is 29.0. The van der Waals surface area contributed by atoms with E-state index in [1.165, 1.54) is 18.7 Å². The van der Waals surface area contributed by atoms with Crippen LogP contribution in [0.15, 0.2) is 67.4 Å². The highest BCUT2D eigenvalue weighted by Gasteiger charge is 2.66. The van der Waals surface area contributed by atoms with Crippen LogP contribution < -0.4 is 9.80 Å². The van der Waals surface area contributed by atoms with Crippen LogP contribution in [0.5, 0.6) is 0 Å². The summed E-state index contributed by atoms with van der Waals surface area (Å²) in [5.41, 5.74) is -0.168. The summed E-state index contributed by atoms with van der Waals surface area (Å²) < 4.78 is 29.5. The Bertz CT molecular complexity index is 1540. The van der Waals surface area contributed by atoms with Crippen LogP contribution in [-0.4, -0.2) is 63.6 Å². The number of rotatable bonds is 9. The summed E-state index contributed by atoms with van der Waals surface area (Å²) in [4.78, 5) is 29.8. The van der Waals surface area contributed by atoms with Gasteiger partial charge in [0.15, 0.2) is 5.60 Å². The molecule has 3 aromatic rings. The number of hydrogen-bond acceptors (Lipinski definition) is 7. The third kappa shape index (κ3) is 4.80. The number of halogens is 1. The molecule has 0 unspecified atom stereocenters. The second-order valence-corrected chi connectivity index (χ2v) is 12.0. The van der Waals surface area contributed by atoms with Gasteiger partial charge in [-0.25, -0.2) is 9.18 Å². The lowest BCUT2D eigenvalue weighted by Gasteiger charge is -2.32. The van der Waals surface area contributed by atoms with Crippen molar-refractivity contribution in [2.24, 2.45) is 11.8 Å². The van der Waals surface area contributed by atoms with Crippen molar-refractivity contribution >= 4 is 23.4 Å². The standard InChI is InChI=1S/C32H36FN5O5/c1-5-14-38-25-12-11-22(37-16-17-42-30(37)41)18-23(25)32(29(38)40)20(2)27(31(3,4)33)26(43-32)13-15-36-19-24(34-35-36)28(39)21-9-7-6-8-10-21/h5-12,18-20,26-28,39H,1,13-17H2,2-4H3/t20-,26+,27-,28+,32+/m0/s1. The van der Waals surface area contributed by atoms with Gasteiger partial charge in [0.05, 0.1) is 24.5 Å². The number of hydrogen-bond donors (Lipinski definition) is 1. The van der Waals surface area contributed by atoms with E-state index >= 15 is 4.39 Å². The molecule has 6 rings (SSSR count). The highest BCUT2D eigenvalue weighted by molar-refractivity contribution is 6.08. The zero-order valence-corrected chi connectivity index (χ0v) is 24.5. The maximum Gasteiger partial charge on any atom is 0.414 e.